The van der Waals surface area contributed by atoms with Crippen molar-refractivity contribution in [1.29, 1.82) is 0 Å². The molecule has 2 atom stereocenters. The Morgan fingerprint density at radius 2 is 1.86 bits per heavy atom. The number of hydrogen-bond acceptors (Lipinski definition) is 5. The molecule has 0 saturated carbocycles. The molecule has 0 radical (unpaired) electrons. The molecule has 0 aliphatic carbocycles. The van der Waals surface area contributed by atoms with Crippen LogP contribution < -0.4 is 5.69 Å². The fourth-order valence-corrected chi connectivity index (χ4v) is 4.34. The molecule has 2 saturated heterocycles. The smallest absolute Gasteiger partial charge is 0.323 e. The normalized spacial score (nSPS) is 27.1. The lowest BCUT2D eigenvalue weighted by molar-refractivity contribution is -0.101. The highest BCUT2D eigenvalue weighted by atomic mass is 16.3. The van der Waals surface area contributed by atoms with Crippen molar-refractivity contribution in [2.45, 2.75) is 18.1 Å². The third-order valence-corrected chi connectivity index (χ3v) is 6.07. The third-order valence-electron chi connectivity index (χ3n) is 6.07. The van der Waals surface area contributed by atoms with E-state index in [2.05, 4.69) is 26.8 Å². The third kappa shape index (κ3) is 3.50. The van der Waals surface area contributed by atoms with Crippen LogP contribution in [0.4, 0.5) is 0 Å². The molecule has 150 valence electrons. The summed E-state index contributed by atoms with van der Waals surface area (Å²) < 4.78 is 0. The van der Waals surface area contributed by atoms with Gasteiger partial charge in [0.2, 0.25) is 0 Å². The number of piperazine rings is 1. The molecular formula is C20H27N5O3. The van der Waals surface area contributed by atoms with Gasteiger partial charge in [0.15, 0.2) is 0 Å². The number of likely N-dealkylation sites (N-methyl/N-ethyl adjacent to an activating group) is 1. The molecule has 0 bridgehead atoms. The monoisotopic (exact) mass is 385 g/mol. The summed E-state index contributed by atoms with van der Waals surface area (Å²) in [5.41, 5.74) is -0.260. The SMILES string of the molecule is CN1CCN([C@@H]2CN(C(=O)c3c[nH]c(=O)[nH]3)CC[C@]2(O)c2ccccc2)CC1. The van der Waals surface area contributed by atoms with Gasteiger partial charge in [0.05, 0.1) is 6.04 Å². The number of nitrogens with zero attached hydrogens (tertiary/aromatic N) is 3. The van der Waals surface area contributed by atoms with Gasteiger partial charge in [-0.1, -0.05) is 30.3 Å². The highest BCUT2D eigenvalue weighted by Crippen LogP contribution is 2.36. The summed E-state index contributed by atoms with van der Waals surface area (Å²) in [5, 5.41) is 11.7. The molecule has 8 heteroatoms. The van der Waals surface area contributed by atoms with Crippen molar-refractivity contribution in [3.05, 3.63) is 58.3 Å². The van der Waals surface area contributed by atoms with E-state index in [0.29, 0.717) is 19.5 Å². The zero-order valence-electron chi connectivity index (χ0n) is 16.1. The molecule has 8 nitrogen and oxygen atoms in total. The summed E-state index contributed by atoms with van der Waals surface area (Å²) in [6.45, 7) is 4.41. The molecule has 2 fully saturated rings. The second kappa shape index (κ2) is 7.54. The number of carbonyl (C=O) groups is 1. The van der Waals surface area contributed by atoms with Crippen molar-refractivity contribution < 1.29 is 9.90 Å². The van der Waals surface area contributed by atoms with Crippen LogP contribution in [0.25, 0.3) is 0 Å². The first-order chi connectivity index (χ1) is 13.5. The molecule has 3 N–H and O–H groups in total. The Morgan fingerprint density at radius 1 is 1.14 bits per heavy atom. The molecule has 1 amide bonds. The number of carbonyl (C=O) groups excluding carboxylic acids is 1. The molecule has 4 rings (SSSR count). The quantitative estimate of drug-likeness (QED) is 0.694. The molecular weight excluding hydrogens is 358 g/mol. The standard InChI is InChI=1S/C20H27N5O3/c1-23-9-11-24(12-10-23)17-14-25(18(26)16-13-21-19(27)22-16)8-7-20(17,28)15-5-3-2-4-6-15/h2-6,13,17,28H,7-12,14H2,1H3,(H2,21,22,27)/t17-,20+/m1/s1. The van der Waals surface area contributed by atoms with Crippen molar-refractivity contribution in [3.63, 3.8) is 0 Å². The molecule has 2 aliphatic rings. The molecule has 28 heavy (non-hydrogen) atoms. The van der Waals surface area contributed by atoms with Gasteiger partial charge in [0, 0.05) is 45.5 Å². The molecule has 1 aromatic carbocycles. The molecule has 2 aromatic rings. The minimum atomic E-state index is -1.01. The summed E-state index contributed by atoms with van der Waals surface area (Å²) in [6.07, 6.45) is 1.86. The average molecular weight is 385 g/mol. The number of amides is 1. The number of likely N-dealkylation sites (tertiary alicyclic amines) is 1. The first-order valence-corrected chi connectivity index (χ1v) is 9.75. The largest absolute Gasteiger partial charge is 0.383 e. The first kappa shape index (κ1) is 18.9. The summed E-state index contributed by atoms with van der Waals surface area (Å²) in [6, 6.07) is 9.55. The van der Waals surface area contributed by atoms with Crippen LogP contribution in [-0.2, 0) is 5.60 Å². The maximum Gasteiger partial charge on any atom is 0.323 e. The lowest BCUT2D eigenvalue weighted by Crippen LogP contribution is -2.64. The second-order valence-corrected chi connectivity index (χ2v) is 7.80. The summed E-state index contributed by atoms with van der Waals surface area (Å²) in [5.74, 6) is -0.215. The van der Waals surface area contributed by atoms with Gasteiger partial charge in [-0.05, 0) is 19.0 Å². The van der Waals surface area contributed by atoms with E-state index in [0.717, 1.165) is 31.7 Å². The number of imidazole rings is 1. The maximum absolute atomic E-state index is 12.9. The van der Waals surface area contributed by atoms with Crippen molar-refractivity contribution in [2.75, 3.05) is 46.3 Å². The highest BCUT2D eigenvalue weighted by molar-refractivity contribution is 5.92. The number of aromatic amines is 2. The maximum atomic E-state index is 12.9. The number of aliphatic hydroxyl groups is 1. The first-order valence-electron chi connectivity index (χ1n) is 9.75. The van der Waals surface area contributed by atoms with Crippen LogP contribution in [0.2, 0.25) is 0 Å². The predicted molar refractivity (Wildman–Crippen MR) is 105 cm³/mol. The van der Waals surface area contributed by atoms with Crippen LogP contribution in [0.1, 0.15) is 22.5 Å². The van der Waals surface area contributed by atoms with Gasteiger partial charge in [-0.25, -0.2) is 4.79 Å². The van der Waals surface area contributed by atoms with Crippen LogP contribution in [0.15, 0.2) is 41.3 Å². The Kier molecular flexibility index (Phi) is 5.09. The van der Waals surface area contributed by atoms with E-state index in [1.54, 1.807) is 4.90 Å². The average Bonchev–Trinajstić information content (AvgIpc) is 3.16. The Bertz CT molecular complexity index is 871. The van der Waals surface area contributed by atoms with E-state index in [1.165, 1.54) is 6.20 Å². The van der Waals surface area contributed by atoms with Crippen LogP contribution in [-0.4, -0.2) is 88.0 Å². The summed E-state index contributed by atoms with van der Waals surface area (Å²) in [7, 11) is 2.10. The van der Waals surface area contributed by atoms with Crippen LogP contribution in [0.3, 0.4) is 0 Å². The van der Waals surface area contributed by atoms with Gasteiger partial charge in [-0.15, -0.1) is 0 Å². The van der Waals surface area contributed by atoms with E-state index >= 15 is 0 Å². The number of piperidine rings is 1. The minimum absolute atomic E-state index is 0.202. The number of nitrogens with one attached hydrogen (secondary N) is 2. The molecule has 0 unspecified atom stereocenters. The molecule has 0 spiro atoms. The fourth-order valence-electron chi connectivity index (χ4n) is 4.34. The topological polar surface area (TPSA) is 95.7 Å². The van der Waals surface area contributed by atoms with Crippen molar-refractivity contribution in [3.8, 4) is 0 Å². The van der Waals surface area contributed by atoms with Crippen molar-refractivity contribution >= 4 is 5.91 Å². The number of benzene rings is 1. The van der Waals surface area contributed by atoms with E-state index < -0.39 is 11.3 Å². The zero-order valence-corrected chi connectivity index (χ0v) is 16.1. The van der Waals surface area contributed by atoms with E-state index in [9.17, 15) is 14.7 Å². The van der Waals surface area contributed by atoms with Crippen molar-refractivity contribution in [1.82, 2.24) is 24.7 Å². The molecule has 1 aromatic heterocycles. The zero-order chi connectivity index (χ0) is 19.7. The molecule has 2 aliphatic heterocycles. The Labute approximate surface area is 163 Å². The number of H-pyrrole nitrogens is 2. The summed E-state index contributed by atoms with van der Waals surface area (Å²) >= 11 is 0. The van der Waals surface area contributed by atoms with Crippen LogP contribution in [0, 0.1) is 0 Å². The van der Waals surface area contributed by atoms with Gasteiger partial charge < -0.3 is 24.9 Å². The summed E-state index contributed by atoms with van der Waals surface area (Å²) in [4.78, 5) is 35.6. The second-order valence-electron chi connectivity index (χ2n) is 7.80. The van der Waals surface area contributed by atoms with Crippen molar-refractivity contribution in [2.24, 2.45) is 0 Å². The highest BCUT2D eigenvalue weighted by Gasteiger charge is 2.47. The number of rotatable bonds is 3. The Hall–Kier alpha value is -2.42. The van der Waals surface area contributed by atoms with Gasteiger partial charge >= 0.3 is 5.69 Å². The number of aromatic nitrogens is 2. The van der Waals surface area contributed by atoms with Gasteiger partial charge in [-0.3, -0.25) is 9.69 Å². The van der Waals surface area contributed by atoms with Crippen LogP contribution >= 0.6 is 0 Å². The predicted octanol–water partition coefficient (Wildman–Crippen LogP) is 0.0527. The Morgan fingerprint density at radius 3 is 2.50 bits per heavy atom. The molecule has 3 heterocycles. The van der Waals surface area contributed by atoms with Gasteiger partial charge in [0.25, 0.3) is 5.91 Å². The minimum Gasteiger partial charge on any atom is -0.383 e. The van der Waals surface area contributed by atoms with E-state index in [1.807, 2.05) is 30.3 Å². The number of hydrogen-bond donors (Lipinski definition) is 3. The van der Waals surface area contributed by atoms with E-state index in [4.69, 9.17) is 0 Å². The lowest BCUT2D eigenvalue weighted by Gasteiger charge is -2.51. The lowest BCUT2D eigenvalue weighted by atomic mass is 9.79. The fraction of sp³-hybridized carbons (Fsp3) is 0.500. The van der Waals surface area contributed by atoms with Gasteiger partial charge in [0.1, 0.15) is 11.3 Å². The Balaban J connectivity index is 1.62. The van der Waals surface area contributed by atoms with Crippen LogP contribution in [0.5, 0.6) is 0 Å². The van der Waals surface area contributed by atoms with E-state index in [-0.39, 0.29) is 17.6 Å². The van der Waals surface area contributed by atoms with Gasteiger partial charge in [-0.2, -0.15) is 0 Å².